The van der Waals surface area contributed by atoms with Crippen molar-refractivity contribution in [2.75, 3.05) is 0 Å². The molecule has 0 radical (unpaired) electrons. The van der Waals surface area contributed by atoms with E-state index in [9.17, 15) is 9.90 Å². The summed E-state index contributed by atoms with van der Waals surface area (Å²) in [7, 11) is 0. The van der Waals surface area contributed by atoms with Gasteiger partial charge in [-0.3, -0.25) is 4.79 Å². The third-order valence-corrected chi connectivity index (χ3v) is 4.90. The lowest BCUT2D eigenvalue weighted by Crippen LogP contribution is -2.19. The molecule has 1 atom stereocenters. The molecule has 2 N–H and O–H groups in total. The van der Waals surface area contributed by atoms with Gasteiger partial charge >= 0.3 is 0 Å². The summed E-state index contributed by atoms with van der Waals surface area (Å²) >= 11 is 0. The molecule has 0 unspecified atom stereocenters. The van der Waals surface area contributed by atoms with E-state index in [-0.39, 0.29) is 11.7 Å². The molecule has 1 aromatic heterocycles. The quantitative estimate of drug-likeness (QED) is 0.397. The lowest BCUT2D eigenvalue weighted by molar-refractivity contribution is 0.0956. The lowest BCUT2D eigenvalue weighted by atomic mass is 9.96. The number of hydrogen-bond donors (Lipinski definition) is 2. The first kappa shape index (κ1) is 17.9. The number of pyridine rings is 1. The second kappa shape index (κ2) is 8.05. The molecule has 0 spiro atoms. The number of benzene rings is 2. The standard InChI is InChI=1S/C23H21N3O2/c27-22-13-7-5-11-18(22)21-14-19(17-10-4-6-12-20(17)25-21)23(28)26-24-15-16-8-2-1-3-9-16/h1-2,4-7,10-16,27H,3,8-9H2,(H,26,28)/b24-15+/t16-/m0/s1. The first-order chi connectivity index (χ1) is 13.7. The average molecular weight is 371 g/mol. The number of phenolic OH excluding ortho intramolecular Hbond substituents is 1. The number of allylic oxidation sites excluding steroid dienone is 2. The highest BCUT2D eigenvalue weighted by atomic mass is 16.3. The van der Waals surface area contributed by atoms with Crippen molar-refractivity contribution in [3.05, 3.63) is 72.3 Å². The fourth-order valence-corrected chi connectivity index (χ4v) is 3.41. The summed E-state index contributed by atoms with van der Waals surface area (Å²) in [5.74, 6) is 0.189. The molecular formula is C23H21N3O2. The zero-order chi connectivity index (χ0) is 19.3. The van der Waals surface area contributed by atoms with Crippen LogP contribution in [0.15, 0.2) is 71.9 Å². The maximum Gasteiger partial charge on any atom is 0.272 e. The lowest BCUT2D eigenvalue weighted by Gasteiger charge is -2.12. The fourth-order valence-electron chi connectivity index (χ4n) is 3.41. The van der Waals surface area contributed by atoms with E-state index >= 15 is 0 Å². The van der Waals surface area contributed by atoms with Crippen LogP contribution in [0.5, 0.6) is 5.75 Å². The molecule has 2 aromatic carbocycles. The fraction of sp³-hybridized carbons (Fsp3) is 0.174. The van der Waals surface area contributed by atoms with Crippen LogP contribution in [-0.2, 0) is 0 Å². The largest absolute Gasteiger partial charge is 0.507 e. The van der Waals surface area contributed by atoms with E-state index in [1.165, 1.54) is 0 Å². The Morgan fingerprint density at radius 3 is 2.79 bits per heavy atom. The summed E-state index contributed by atoms with van der Waals surface area (Å²) in [5.41, 5.74) is 4.94. The number of para-hydroxylation sites is 2. The molecule has 1 aliphatic rings. The van der Waals surface area contributed by atoms with Crippen molar-refractivity contribution in [2.45, 2.75) is 19.3 Å². The molecule has 0 saturated carbocycles. The normalized spacial score (nSPS) is 16.5. The Balaban J connectivity index is 1.67. The predicted octanol–water partition coefficient (Wildman–Crippen LogP) is 4.68. The Bertz CT molecular complexity index is 1070. The summed E-state index contributed by atoms with van der Waals surface area (Å²) in [4.78, 5) is 17.5. The molecule has 1 aliphatic carbocycles. The zero-order valence-corrected chi connectivity index (χ0v) is 15.4. The highest BCUT2D eigenvalue weighted by molar-refractivity contribution is 6.07. The van der Waals surface area contributed by atoms with Crippen LogP contribution in [-0.4, -0.2) is 22.2 Å². The molecule has 0 bridgehead atoms. The summed E-state index contributed by atoms with van der Waals surface area (Å²) in [6.07, 6.45) is 9.18. The van der Waals surface area contributed by atoms with Crippen molar-refractivity contribution in [2.24, 2.45) is 11.0 Å². The van der Waals surface area contributed by atoms with Gasteiger partial charge in [0, 0.05) is 17.2 Å². The van der Waals surface area contributed by atoms with Crippen LogP contribution in [0.2, 0.25) is 0 Å². The third-order valence-electron chi connectivity index (χ3n) is 4.90. The minimum absolute atomic E-state index is 0.125. The zero-order valence-electron chi connectivity index (χ0n) is 15.4. The molecular weight excluding hydrogens is 350 g/mol. The number of hydrogen-bond acceptors (Lipinski definition) is 4. The number of hydrazone groups is 1. The van der Waals surface area contributed by atoms with Crippen LogP contribution in [0.3, 0.4) is 0 Å². The number of aromatic hydroxyl groups is 1. The number of amides is 1. The van der Waals surface area contributed by atoms with Crippen molar-refractivity contribution in [3.63, 3.8) is 0 Å². The molecule has 0 saturated heterocycles. The van der Waals surface area contributed by atoms with Gasteiger partial charge in [0.1, 0.15) is 5.75 Å². The van der Waals surface area contributed by atoms with Gasteiger partial charge < -0.3 is 5.11 Å². The van der Waals surface area contributed by atoms with Crippen LogP contribution < -0.4 is 5.43 Å². The Labute approximate surface area is 163 Å². The van der Waals surface area contributed by atoms with Gasteiger partial charge in [0.05, 0.1) is 16.8 Å². The molecule has 5 heteroatoms. The van der Waals surface area contributed by atoms with E-state index in [4.69, 9.17) is 0 Å². The highest BCUT2D eigenvalue weighted by Crippen LogP contribution is 2.30. The Morgan fingerprint density at radius 1 is 1.14 bits per heavy atom. The van der Waals surface area contributed by atoms with Crippen LogP contribution in [0.25, 0.3) is 22.2 Å². The topological polar surface area (TPSA) is 74.6 Å². The molecule has 28 heavy (non-hydrogen) atoms. The van der Waals surface area contributed by atoms with Gasteiger partial charge in [-0.25, -0.2) is 10.4 Å². The molecule has 140 valence electrons. The van der Waals surface area contributed by atoms with Crippen molar-refractivity contribution >= 4 is 23.0 Å². The molecule has 3 aromatic rings. The number of phenols is 1. The van der Waals surface area contributed by atoms with Gasteiger partial charge in [-0.15, -0.1) is 0 Å². The first-order valence-electron chi connectivity index (χ1n) is 9.39. The molecule has 1 amide bonds. The minimum Gasteiger partial charge on any atom is -0.507 e. The summed E-state index contributed by atoms with van der Waals surface area (Å²) < 4.78 is 0. The van der Waals surface area contributed by atoms with Crippen LogP contribution in [0.1, 0.15) is 29.6 Å². The van der Waals surface area contributed by atoms with Crippen molar-refractivity contribution in [3.8, 4) is 17.0 Å². The van der Waals surface area contributed by atoms with E-state index in [0.717, 1.165) is 24.6 Å². The maximum atomic E-state index is 12.8. The van der Waals surface area contributed by atoms with Crippen LogP contribution in [0, 0.1) is 5.92 Å². The predicted molar refractivity (Wildman–Crippen MR) is 111 cm³/mol. The number of carbonyl (C=O) groups is 1. The smallest absolute Gasteiger partial charge is 0.272 e. The first-order valence-corrected chi connectivity index (χ1v) is 9.39. The molecule has 0 aliphatic heterocycles. The van der Waals surface area contributed by atoms with Crippen molar-refractivity contribution < 1.29 is 9.90 Å². The van der Waals surface area contributed by atoms with E-state index in [1.807, 2.05) is 36.5 Å². The number of rotatable bonds is 4. The Kier molecular flexibility index (Phi) is 5.15. The van der Waals surface area contributed by atoms with Gasteiger partial charge in [-0.2, -0.15) is 5.10 Å². The molecule has 5 nitrogen and oxygen atoms in total. The molecule has 1 heterocycles. The Morgan fingerprint density at radius 2 is 1.96 bits per heavy atom. The van der Waals surface area contributed by atoms with Crippen molar-refractivity contribution in [1.29, 1.82) is 0 Å². The monoisotopic (exact) mass is 371 g/mol. The number of fused-ring (bicyclic) bond motifs is 1. The van der Waals surface area contributed by atoms with Gasteiger partial charge in [0.15, 0.2) is 0 Å². The summed E-state index contributed by atoms with van der Waals surface area (Å²) in [6.45, 7) is 0. The van der Waals surface area contributed by atoms with Crippen LogP contribution in [0.4, 0.5) is 0 Å². The van der Waals surface area contributed by atoms with Gasteiger partial charge in [-0.1, -0.05) is 42.5 Å². The summed E-state index contributed by atoms with van der Waals surface area (Å²) in [5, 5.41) is 15.1. The second-order valence-electron chi connectivity index (χ2n) is 6.85. The number of nitrogens with zero attached hydrogens (tertiary/aromatic N) is 2. The molecule has 0 fully saturated rings. The summed E-state index contributed by atoms with van der Waals surface area (Å²) in [6, 6.07) is 16.1. The average Bonchev–Trinajstić information content (AvgIpc) is 2.74. The van der Waals surface area contributed by atoms with Crippen LogP contribution >= 0.6 is 0 Å². The minimum atomic E-state index is -0.294. The maximum absolute atomic E-state index is 12.8. The third kappa shape index (κ3) is 3.78. The number of aromatic nitrogens is 1. The highest BCUT2D eigenvalue weighted by Gasteiger charge is 2.15. The van der Waals surface area contributed by atoms with Gasteiger partial charge in [0.2, 0.25) is 0 Å². The van der Waals surface area contributed by atoms with Gasteiger partial charge in [-0.05, 0) is 49.4 Å². The SMILES string of the molecule is O=C(N/N=C/[C@H]1CC=CCC1)c1cc(-c2ccccc2O)nc2ccccc12. The van der Waals surface area contributed by atoms with E-state index in [0.29, 0.717) is 28.3 Å². The van der Waals surface area contributed by atoms with E-state index in [1.54, 1.807) is 24.3 Å². The number of nitrogens with one attached hydrogen (secondary N) is 1. The second-order valence-corrected chi connectivity index (χ2v) is 6.85. The number of carbonyl (C=O) groups excluding carboxylic acids is 1. The Hall–Kier alpha value is -3.47. The molecule has 4 rings (SSSR count). The van der Waals surface area contributed by atoms with E-state index < -0.39 is 0 Å². The van der Waals surface area contributed by atoms with Crippen molar-refractivity contribution in [1.82, 2.24) is 10.4 Å². The van der Waals surface area contributed by atoms with Gasteiger partial charge in [0.25, 0.3) is 5.91 Å². The van der Waals surface area contributed by atoms with E-state index in [2.05, 4.69) is 27.7 Å².